The molecule has 9 unspecified atom stereocenters. The summed E-state index contributed by atoms with van der Waals surface area (Å²) in [4.78, 5) is 40.6. The Morgan fingerprint density at radius 2 is 1.57 bits per heavy atom. The summed E-state index contributed by atoms with van der Waals surface area (Å²) < 4.78 is 23.7. The van der Waals surface area contributed by atoms with Crippen LogP contribution in [0.4, 0.5) is 5.69 Å². The zero-order valence-electron chi connectivity index (χ0n) is 36.7. The molecule has 0 spiro atoms. The fourth-order valence-corrected chi connectivity index (χ4v) is 8.67. The SMILES string of the molecule is COC1/C=C/OC2(C)Oc3c(C)c(O)c4c(O)c(c(/C=N/NC5CCCCCCC5)c(O)c4c3C2=O)NC(=O)C(C)=C/C=C/C(C)C(O)C(C)C(O)C(C)C(OC(C)=O)C1C. The lowest BCUT2D eigenvalue weighted by molar-refractivity contribution is -0.160. The second kappa shape index (κ2) is 19.7. The number of hydrogen-bond acceptors (Lipinski definition) is 14. The Bertz CT molecular complexity index is 2090. The van der Waals surface area contributed by atoms with Gasteiger partial charge in [0.15, 0.2) is 5.75 Å². The summed E-state index contributed by atoms with van der Waals surface area (Å²) in [5, 5.41) is 65.2. The highest BCUT2D eigenvalue weighted by Crippen LogP contribution is 2.55. The minimum atomic E-state index is -2.04. The van der Waals surface area contributed by atoms with Gasteiger partial charge in [0.1, 0.15) is 23.4 Å². The number of aromatic hydroxyl groups is 3. The molecule has 5 bridgehead atoms. The number of ether oxygens (including phenoxy) is 4. The molecule has 0 radical (unpaired) electrons. The molecule has 1 fully saturated rings. The van der Waals surface area contributed by atoms with E-state index in [0.717, 1.165) is 38.5 Å². The van der Waals surface area contributed by atoms with Crippen molar-refractivity contribution in [1.29, 1.82) is 0 Å². The van der Waals surface area contributed by atoms with Crippen molar-refractivity contribution in [2.24, 2.45) is 28.8 Å². The Morgan fingerprint density at radius 1 is 0.918 bits per heavy atom. The average Bonchev–Trinajstić information content (AvgIpc) is 3.47. The number of aliphatic hydroxyl groups excluding tert-OH is 2. The van der Waals surface area contributed by atoms with Crippen LogP contribution in [0.15, 0.2) is 41.2 Å². The van der Waals surface area contributed by atoms with Gasteiger partial charge in [0.05, 0.1) is 53.0 Å². The Morgan fingerprint density at radius 3 is 2.21 bits per heavy atom. The molecule has 4 aliphatic rings. The number of hydrogen-bond donors (Lipinski definition) is 7. The van der Waals surface area contributed by atoms with Gasteiger partial charge < -0.3 is 55.2 Å². The lowest BCUT2D eigenvalue weighted by atomic mass is 9.78. The molecular weight excluding hydrogens is 787 g/mol. The molecule has 7 N–H and O–H groups in total. The van der Waals surface area contributed by atoms with Crippen LogP contribution in [0.1, 0.15) is 115 Å². The predicted molar refractivity (Wildman–Crippen MR) is 231 cm³/mol. The lowest BCUT2D eigenvalue weighted by Gasteiger charge is -2.38. The number of amides is 1. The number of nitrogens with one attached hydrogen (secondary N) is 2. The van der Waals surface area contributed by atoms with Crippen LogP contribution in [0, 0.1) is 30.6 Å². The van der Waals surface area contributed by atoms with Crippen LogP contribution in [0.2, 0.25) is 0 Å². The van der Waals surface area contributed by atoms with E-state index >= 15 is 0 Å². The van der Waals surface area contributed by atoms with Gasteiger partial charge in [-0.1, -0.05) is 78.0 Å². The summed E-state index contributed by atoms with van der Waals surface area (Å²) in [5.41, 5.74) is 2.81. The number of nitrogens with zero attached hydrogens (tertiary/aromatic N) is 1. The topological polar surface area (TPSA) is 226 Å². The number of methoxy groups -OCH3 is 1. The van der Waals surface area contributed by atoms with Crippen molar-refractivity contribution in [1.82, 2.24) is 5.43 Å². The largest absolute Gasteiger partial charge is 0.507 e. The van der Waals surface area contributed by atoms with E-state index in [9.17, 15) is 39.9 Å². The van der Waals surface area contributed by atoms with Crippen LogP contribution in [-0.4, -0.2) is 92.8 Å². The number of fused-ring (bicyclic) bond motifs is 14. The van der Waals surface area contributed by atoms with Gasteiger partial charge in [-0.05, 0) is 32.8 Å². The maximum Gasteiger partial charge on any atom is 0.312 e. The summed E-state index contributed by atoms with van der Waals surface area (Å²) in [7, 11) is 1.44. The second-order valence-electron chi connectivity index (χ2n) is 17.0. The molecule has 1 aliphatic carbocycles. The Labute approximate surface area is 357 Å². The van der Waals surface area contributed by atoms with Crippen molar-refractivity contribution in [3.8, 4) is 23.0 Å². The number of anilines is 1. The molecule has 1 saturated carbocycles. The van der Waals surface area contributed by atoms with Crippen molar-refractivity contribution < 1.29 is 58.9 Å². The van der Waals surface area contributed by atoms with Gasteiger partial charge in [-0.15, -0.1) is 0 Å². The van der Waals surface area contributed by atoms with Crippen LogP contribution < -0.4 is 15.5 Å². The van der Waals surface area contributed by atoms with Crippen molar-refractivity contribution in [3.63, 3.8) is 0 Å². The van der Waals surface area contributed by atoms with E-state index in [2.05, 4.69) is 15.8 Å². The van der Waals surface area contributed by atoms with Crippen molar-refractivity contribution in [2.75, 3.05) is 12.4 Å². The van der Waals surface area contributed by atoms with Gasteiger partial charge in [0.2, 0.25) is 0 Å². The zero-order chi connectivity index (χ0) is 44.9. The highest BCUT2D eigenvalue weighted by Gasteiger charge is 2.50. The molecule has 1 amide bonds. The summed E-state index contributed by atoms with van der Waals surface area (Å²) in [5.74, 6) is -8.32. The maximum absolute atomic E-state index is 14.5. The minimum absolute atomic E-state index is 0.0531. The molecule has 9 atom stereocenters. The third-order valence-electron chi connectivity index (χ3n) is 12.6. The molecule has 0 saturated heterocycles. The van der Waals surface area contributed by atoms with E-state index in [1.807, 2.05) is 0 Å². The molecule has 2 aromatic rings. The molecule has 6 rings (SSSR count). The number of carbonyl (C=O) groups is 3. The number of Topliss-reactive ketones (excluding diaryl/α,β-unsaturated/α-hetero) is 1. The highest BCUT2D eigenvalue weighted by atomic mass is 16.7. The Balaban J connectivity index is 1.68. The monoisotopic (exact) mass is 849 g/mol. The van der Waals surface area contributed by atoms with Crippen molar-refractivity contribution in [3.05, 3.63) is 52.8 Å². The molecule has 15 heteroatoms. The van der Waals surface area contributed by atoms with Crippen LogP contribution in [-0.2, 0) is 23.8 Å². The smallest absolute Gasteiger partial charge is 0.312 e. The lowest BCUT2D eigenvalue weighted by Crippen LogP contribution is -2.46. The molecule has 2 aromatic carbocycles. The van der Waals surface area contributed by atoms with Gasteiger partial charge in [0.25, 0.3) is 11.7 Å². The van der Waals surface area contributed by atoms with Gasteiger partial charge in [-0.2, -0.15) is 5.10 Å². The Kier molecular flexibility index (Phi) is 15.2. The number of phenolic OH excluding ortho intramolecular Hbond substituents is 3. The second-order valence-corrected chi connectivity index (χ2v) is 17.0. The Hall–Kier alpha value is -5.12. The van der Waals surface area contributed by atoms with E-state index < -0.39 is 88.8 Å². The molecule has 61 heavy (non-hydrogen) atoms. The van der Waals surface area contributed by atoms with Crippen molar-refractivity contribution >= 4 is 40.3 Å². The molecule has 0 aromatic heterocycles. The predicted octanol–water partition coefficient (Wildman–Crippen LogP) is 6.79. The molecular formula is C46H63N3O12. The summed E-state index contributed by atoms with van der Waals surface area (Å²) >= 11 is 0. The number of ketones is 1. The average molecular weight is 850 g/mol. The van der Waals surface area contributed by atoms with Crippen LogP contribution >= 0.6 is 0 Å². The number of hydrazone groups is 1. The number of benzene rings is 2. The van der Waals surface area contributed by atoms with E-state index in [4.69, 9.17) is 18.9 Å². The van der Waals surface area contributed by atoms with Gasteiger partial charge in [-0.25, -0.2) is 0 Å². The number of aliphatic hydroxyl groups is 2. The van der Waals surface area contributed by atoms with E-state index in [0.29, 0.717) is 0 Å². The standard InChI is InChI=1S/C46H63N3O12/c1-23-16-15-17-24(2)45(57)48-36-31(22-47-49-30-18-13-11-10-12-14-19-30)40(54)33-34(41(36)55)39(53)28(6)43-35(33)44(56)46(8,61-43)59-21-20-32(58-9)25(3)42(60-29(7)50)27(5)38(52)26(4)37(23)51/h15-17,20-23,25-27,30,32,37-38,42,49,51-55H,10-14,18-19H2,1-9H3,(H,48,57)/b16-15+,21-20+,24-17?,47-22+. The third kappa shape index (κ3) is 9.84. The number of esters is 1. The maximum atomic E-state index is 14.5. The van der Waals surface area contributed by atoms with Crippen LogP contribution in [0.5, 0.6) is 23.0 Å². The quantitative estimate of drug-likeness (QED) is 0.0542. The van der Waals surface area contributed by atoms with Gasteiger partial charge >= 0.3 is 11.8 Å². The minimum Gasteiger partial charge on any atom is -0.507 e. The first kappa shape index (κ1) is 46.9. The highest BCUT2D eigenvalue weighted by molar-refractivity contribution is 6.23. The number of phenols is 3. The van der Waals surface area contributed by atoms with E-state index in [1.165, 1.54) is 65.9 Å². The molecule has 3 heterocycles. The third-order valence-corrected chi connectivity index (χ3v) is 12.6. The molecule has 3 aliphatic heterocycles. The van der Waals surface area contributed by atoms with Crippen molar-refractivity contribution in [2.45, 2.75) is 137 Å². The number of carbonyl (C=O) groups excluding carboxylic acids is 3. The normalized spacial score (nSPS) is 30.8. The van der Waals surface area contributed by atoms with Gasteiger partial charge in [0, 0.05) is 67.2 Å². The first-order valence-electron chi connectivity index (χ1n) is 21.2. The van der Waals surface area contributed by atoms with Crippen LogP contribution in [0.25, 0.3) is 10.8 Å². The first-order chi connectivity index (χ1) is 28.8. The summed E-state index contributed by atoms with van der Waals surface area (Å²) in [6.45, 7) is 12.6. The van der Waals surface area contributed by atoms with E-state index in [1.54, 1.807) is 39.8 Å². The van der Waals surface area contributed by atoms with Gasteiger partial charge in [-0.3, -0.25) is 14.4 Å². The van der Waals surface area contributed by atoms with E-state index in [-0.39, 0.29) is 50.5 Å². The molecule has 15 nitrogen and oxygen atoms in total. The molecule has 334 valence electrons. The fourth-order valence-electron chi connectivity index (χ4n) is 8.67. The fraction of sp³-hybridized carbons (Fsp3) is 0.565. The number of allylic oxidation sites excluding steroid dienone is 2. The zero-order valence-corrected chi connectivity index (χ0v) is 36.7. The number of rotatable bonds is 5. The van der Waals surface area contributed by atoms with Crippen LogP contribution in [0.3, 0.4) is 0 Å². The summed E-state index contributed by atoms with van der Waals surface area (Å²) in [6, 6.07) is 0.0531. The summed E-state index contributed by atoms with van der Waals surface area (Å²) in [6.07, 6.45) is 12.1. The first-order valence-corrected chi connectivity index (χ1v) is 21.2.